The Labute approximate surface area is 124 Å². The van der Waals surface area contributed by atoms with Crippen molar-refractivity contribution in [2.45, 2.75) is 6.04 Å². The molecule has 0 aliphatic carbocycles. The summed E-state index contributed by atoms with van der Waals surface area (Å²) in [5.41, 5.74) is 8.87. The van der Waals surface area contributed by atoms with E-state index in [2.05, 4.69) is 20.9 Å². The largest absolute Gasteiger partial charge is 0.320 e. The Kier molecular flexibility index (Phi) is 3.51. The van der Waals surface area contributed by atoms with Crippen LogP contribution in [0.1, 0.15) is 17.2 Å². The zero-order chi connectivity index (χ0) is 14.1. The first-order chi connectivity index (χ1) is 9.68. The molecule has 1 heterocycles. The van der Waals surface area contributed by atoms with E-state index in [1.54, 1.807) is 12.3 Å². The van der Waals surface area contributed by atoms with Crippen LogP contribution in [0, 0.1) is 5.82 Å². The molecule has 3 aromatic rings. The molecule has 0 spiro atoms. The van der Waals surface area contributed by atoms with Gasteiger partial charge < -0.3 is 5.73 Å². The lowest BCUT2D eigenvalue weighted by Gasteiger charge is -2.16. The molecule has 2 N–H and O–H groups in total. The van der Waals surface area contributed by atoms with Crippen molar-refractivity contribution in [3.8, 4) is 0 Å². The summed E-state index contributed by atoms with van der Waals surface area (Å²) in [5, 5.41) is 0.985. The fraction of sp³-hybridized carbons (Fsp3) is 0.0625. The third-order valence-electron chi connectivity index (χ3n) is 3.33. The molecule has 2 nitrogen and oxygen atoms in total. The highest BCUT2D eigenvalue weighted by molar-refractivity contribution is 9.10. The summed E-state index contributed by atoms with van der Waals surface area (Å²) < 4.78 is 14.1. The van der Waals surface area contributed by atoms with Crippen molar-refractivity contribution >= 4 is 26.8 Å². The first-order valence-corrected chi connectivity index (χ1v) is 7.01. The monoisotopic (exact) mass is 330 g/mol. The molecule has 0 aliphatic rings. The maximum Gasteiger partial charge on any atom is 0.137 e. The van der Waals surface area contributed by atoms with Gasteiger partial charge in [-0.2, -0.15) is 0 Å². The van der Waals surface area contributed by atoms with Crippen molar-refractivity contribution in [3.05, 3.63) is 76.1 Å². The van der Waals surface area contributed by atoms with E-state index in [9.17, 15) is 4.39 Å². The van der Waals surface area contributed by atoms with Crippen molar-refractivity contribution in [1.82, 2.24) is 4.98 Å². The van der Waals surface area contributed by atoms with Gasteiger partial charge in [0, 0.05) is 11.6 Å². The molecule has 0 saturated heterocycles. The molecule has 4 heteroatoms. The second kappa shape index (κ2) is 5.31. The minimum atomic E-state index is -0.409. The van der Waals surface area contributed by atoms with Gasteiger partial charge >= 0.3 is 0 Å². The van der Waals surface area contributed by atoms with Gasteiger partial charge in [0.25, 0.3) is 0 Å². The molecule has 20 heavy (non-hydrogen) atoms. The number of pyridine rings is 1. The highest BCUT2D eigenvalue weighted by Gasteiger charge is 2.16. The van der Waals surface area contributed by atoms with Crippen LogP contribution in [-0.2, 0) is 0 Å². The van der Waals surface area contributed by atoms with Crippen LogP contribution in [0.15, 0.2) is 59.2 Å². The van der Waals surface area contributed by atoms with Gasteiger partial charge in [0.1, 0.15) is 5.82 Å². The number of fused-ring (bicyclic) bond motifs is 1. The van der Waals surface area contributed by atoms with Crippen molar-refractivity contribution in [2.75, 3.05) is 0 Å². The molecule has 0 aliphatic heterocycles. The molecule has 0 saturated carbocycles. The summed E-state index contributed by atoms with van der Waals surface area (Å²) in [6.07, 6.45) is 1.75. The van der Waals surface area contributed by atoms with Gasteiger partial charge in [0.2, 0.25) is 0 Å². The molecule has 1 atom stereocenters. The van der Waals surface area contributed by atoms with Gasteiger partial charge in [0.15, 0.2) is 0 Å². The van der Waals surface area contributed by atoms with E-state index in [1.165, 1.54) is 6.07 Å². The van der Waals surface area contributed by atoms with Crippen molar-refractivity contribution in [3.63, 3.8) is 0 Å². The summed E-state index contributed by atoms with van der Waals surface area (Å²) in [6.45, 7) is 0. The number of nitrogens with two attached hydrogens (primary N) is 1. The van der Waals surface area contributed by atoms with Gasteiger partial charge in [0.05, 0.1) is 16.0 Å². The standard InChI is InChI=1S/C16H12BrFN2/c17-15-12(5-1-7-13(15)18)16(19)11-4-2-8-14-10(11)6-3-9-20-14/h1-9,16H,19H2. The molecular formula is C16H12BrFN2. The SMILES string of the molecule is NC(c1cccc(F)c1Br)c1cccc2ncccc12. The Balaban J connectivity index is 2.18. The van der Waals surface area contributed by atoms with E-state index < -0.39 is 6.04 Å². The molecule has 0 bridgehead atoms. The average Bonchev–Trinajstić information content (AvgIpc) is 2.49. The predicted octanol–water partition coefficient (Wildman–Crippen LogP) is 4.18. The van der Waals surface area contributed by atoms with Crippen LogP contribution in [0.4, 0.5) is 4.39 Å². The summed E-state index contributed by atoms with van der Waals surface area (Å²) in [5.74, 6) is -0.309. The van der Waals surface area contributed by atoms with E-state index in [-0.39, 0.29) is 5.82 Å². The Hall–Kier alpha value is -1.78. The average molecular weight is 331 g/mol. The molecule has 1 aromatic heterocycles. The summed E-state index contributed by atoms with van der Waals surface area (Å²) >= 11 is 3.27. The van der Waals surface area contributed by atoms with Crippen molar-refractivity contribution in [2.24, 2.45) is 5.73 Å². The molecule has 3 rings (SSSR count). The lowest BCUT2D eigenvalue weighted by atomic mass is 9.96. The van der Waals surface area contributed by atoms with Crippen LogP contribution < -0.4 is 5.73 Å². The molecule has 100 valence electrons. The Morgan fingerprint density at radius 1 is 1.00 bits per heavy atom. The normalized spacial score (nSPS) is 12.6. The van der Waals surface area contributed by atoms with Crippen LogP contribution in [-0.4, -0.2) is 4.98 Å². The summed E-state index contributed by atoms with van der Waals surface area (Å²) in [4.78, 5) is 4.32. The van der Waals surface area contributed by atoms with Gasteiger partial charge in [-0.3, -0.25) is 4.98 Å². The van der Waals surface area contributed by atoms with Crippen LogP contribution in [0.3, 0.4) is 0 Å². The van der Waals surface area contributed by atoms with Crippen LogP contribution in [0.2, 0.25) is 0 Å². The Morgan fingerprint density at radius 3 is 2.60 bits per heavy atom. The first-order valence-electron chi connectivity index (χ1n) is 6.21. The van der Waals surface area contributed by atoms with Gasteiger partial charge in [-0.1, -0.05) is 30.3 Å². The number of halogens is 2. The molecule has 0 fully saturated rings. The van der Waals surface area contributed by atoms with Crippen molar-refractivity contribution in [1.29, 1.82) is 0 Å². The number of benzene rings is 2. The second-order valence-electron chi connectivity index (χ2n) is 4.54. The number of aromatic nitrogens is 1. The van der Waals surface area contributed by atoms with Crippen molar-refractivity contribution < 1.29 is 4.39 Å². The minimum absolute atomic E-state index is 0.309. The fourth-order valence-corrected chi connectivity index (χ4v) is 2.84. The van der Waals surface area contributed by atoms with Gasteiger partial charge in [-0.05, 0) is 45.3 Å². The van der Waals surface area contributed by atoms with E-state index in [0.29, 0.717) is 4.47 Å². The number of nitrogens with zero attached hydrogens (tertiary/aromatic N) is 1. The van der Waals surface area contributed by atoms with E-state index >= 15 is 0 Å². The molecule has 1 unspecified atom stereocenters. The number of hydrogen-bond donors (Lipinski definition) is 1. The van der Waals surface area contributed by atoms with Crippen LogP contribution in [0.5, 0.6) is 0 Å². The molecule has 0 radical (unpaired) electrons. The van der Waals surface area contributed by atoms with E-state index in [4.69, 9.17) is 5.73 Å². The zero-order valence-electron chi connectivity index (χ0n) is 10.6. The summed E-state index contributed by atoms with van der Waals surface area (Å²) in [7, 11) is 0. The lowest BCUT2D eigenvalue weighted by Crippen LogP contribution is -2.13. The number of rotatable bonds is 2. The second-order valence-corrected chi connectivity index (χ2v) is 5.33. The number of hydrogen-bond acceptors (Lipinski definition) is 2. The Bertz CT molecular complexity index is 768. The topological polar surface area (TPSA) is 38.9 Å². The summed E-state index contributed by atoms with van der Waals surface area (Å²) in [6, 6.07) is 14.1. The maximum atomic E-state index is 13.7. The van der Waals surface area contributed by atoms with Crippen LogP contribution in [0.25, 0.3) is 10.9 Å². The molecular weight excluding hydrogens is 319 g/mol. The highest BCUT2D eigenvalue weighted by Crippen LogP contribution is 2.31. The predicted molar refractivity (Wildman–Crippen MR) is 81.9 cm³/mol. The minimum Gasteiger partial charge on any atom is -0.320 e. The fourth-order valence-electron chi connectivity index (χ4n) is 2.33. The van der Waals surface area contributed by atoms with E-state index in [1.807, 2.05) is 36.4 Å². The van der Waals surface area contributed by atoms with Crippen LogP contribution >= 0.6 is 15.9 Å². The quantitative estimate of drug-likeness (QED) is 0.765. The Morgan fingerprint density at radius 2 is 1.75 bits per heavy atom. The zero-order valence-corrected chi connectivity index (χ0v) is 12.1. The maximum absolute atomic E-state index is 13.7. The third-order valence-corrected chi connectivity index (χ3v) is 4.17. The smallest absolute Gasteiger partial charge is 0.137 e. The highest BCUT2D eigenvalue weighted by atomic mass is 79.9. The molecule has 0 amide bonds. The third kappa shape index (κ3) is 2.21. The molecule has 2 aromatic carbocycles. The lowest BCUT2D eigenvalue weighted by molar-refractivity contribution is 0.616. The van der Waals surface area contributed by atoms with E-state index in [0.717, 1.165) is 22.0 Å². The van der Waals surface area contributed by atoms with Gasteiger partial charge in [-0.15, -0.1) is 0 Å². The van der Waals surface area contributed by atoms with Gasteiger partial charge in [-0.25, -0.2) is 4.39 Å². The first kappa shape index (κ1) is 13.2.